The maximum atomic E-state index is 13.6. The van der Waals surface area contributed by atoms with Crippen molar-refractivity contribution in [3.8, 4) is 5.75 Å². The lowest BCUT2D eigenvalue weighted by atomic mass is 9.77. The van der Waals surface area contributed by atoms with Gasteiger partial charge >= 0.3 is 6.18 Å². The number of carbonyl (C=O) groups excluding carboxylic acids is 1. The monoisotopic (exact) mass is 522 g/mol. The number of hydrogen-bond donors (Lipinski definition) is 2. The molecule has 1 amide bonds. The highest BCUT2D eigenvalue weighted by molar-refractivity contribution is 6.27. The number of aromatic amines is 1. The predicted molar refractivity (Wildman–Crippen MR) is 134 cm³/mol. The molecule has 0 saturated heterocycles. The smallest absolute Gasteiger partial charge is 0.389 e. The number of fused-ring (bicyclic) bond motifs is 3. The molecule has 8 nitrogen and oxygen atoms in total. The maximum absolute atomic E-state index is 13.6. The first-order valence-corrected chi connectivity index (χ1v) is 12.4. The number of tetrazole rings is 1. The highest BCUT2D eigenvalue weighted by atomic mass is 19.4. The third-order valence-corrected chi connectivity index (χ3v) is 7.45. The molecule has 1 atom stereocenters. The summed E-state index contributed by atoms with van der Waals surface area (Å²) in [5.74, 6) is 0.491. The van der Waals surface area contributed by atoms with Crippen LogP contribution >= 0.6 is 0 Å². The van der Waals surface area contributed by atoms with E-state index in [-0.39, 0.29) is 24.8 Å². The molecule has 0 fully saturated rings. The summed E-state index contributed by atoms with van der Waals surface area (Å²) in [4.78, 5) is 13.6. The fourth-order valence-electron chi connectivity index (χ4n) is 5.66. The minimum atomic E-state index is -4.19. The molecule has 38 heavy (non-hydrogen) atoms. The van der Waals surface area contributed by atoms with Gasteiger partial charge in [0, 0.05) is 37.0 Å². The Hall–Kier alpha value is -4.15. The van der Waals surface area contributed by atoms with Crippen molar-refractivity contribution >= 4 is 28.0 Å². The Morgan fingerprint density at radius 3 is 2.82 bits per heavy atom. The molecule has 0 radical (unpaired) electrons. The van der Waals surface area contributed by atoms with Crippen LogP contribution in [0.25, 0.3) is 22.0 Å². The lowest BCUT2D eigenvalue weighted by Gasteiger charge is -2.37. The first-order valence-electron chi connectivity index (χ1n) is 12.4. The first kappa shape index (κ1) is 24.2. The number of aryl methyl sites for hydroxylation is 2. The molecule has 4 aromatic rings. The summed E-state index contributed by atoms with van der Waals surface area (Å²) < 4.78 is 44.9. The van der Waals surface area contributed by atoms with Crippen LogP contribution in [0, 0.1) is 0 Å². The van der Waals surface area contributed by atoms with Gasteiger partial charge in [-0.3, -0.25) is 4.79 Å². The molecule has 3 heterocycles. The van der Waals surface area contributed by atoms with Gasteiger partial charge in [-0.15, -0.1) is 10.2 Å². The van der Waals surface area contributed by atoms with Gasteiger partial charge in [0.2, 0.25) is 5.82 Å². The molecule has 2 N–H and O–H groups in total. The van der Waals surface area contributed by atoms with E-state index >= 15 is 0 Å². The van der Waals surface area contributed by atoms with Crippen molar-refractivity contribution < 1.29 is 22.7 Å². The Morgan fingerprint density at radius 2 is 2.03 bits per heavy atom. The van der Waals surface area contributed by atoms with E-state index in [1.807, 2.05) is 48.1 Å². The SMILES string of the molecule is Cn1ccc2cc(C3=C(c4nn[nH]n4)C(=O)N[C@@]4(CCc5cc(OCCCC(F)(F)F)ccc54)C3)ccc21. The standard InChI is InChI=1S/C27H25F3N6O2/c1-36-11-8-18-13-16(3-6-22(18)36)20-15-26(31-25(37)23(20)24-32-34-35-33-24)10-7-17-14-19(4-5-21(17)26)38-12-2-9-27(28,29)30/h3-6,8,11,13-14H,2,7,9-10,12,15H2,1H3,(H,31,37)(H,32,33,34,35)/t26-/m0/s1. The molecule has 1 aliphatic heterocycles. The summed E-state index contributed by atoms with van der Waals surface area (Å²) in [5, 5.41) is 18.6. The van der Waals surface area contributed by atoms with Gasteiger partial charge in [0.05, 0.1) is 17.7 Å². The zero-order chi connectivity index (χ0) is 26.5. The van der Waals surface area contributed by atoms with E-state index in [1.54, 1.807) is 6.07 Å². The molecular formula is C27H25F3N6O2. The second kappa shape index (κ2) is 9.00. The van der Waals surface area contributed by atoms with E-state index < -0.39 is 18.1 Å². The Balaban J connectivity index is 1.34. The van der Waals surface area contributed by atoms with Crippen molar-refractivity contribution in [2.75, 3.05) is 6.61 Å². The number of benzene rings is 2. The minimum absolute atomic E-state index is 0.0108. The van der Waals surface area contributed by atoms with Gasteiger partial charge in [-0.05, 0) is 77.1 Å². The van der Waals surface area contributed by atoms with Crippen molar-refractivity contribution in [3.05, 3.63) is 71.2 Å². The number of ether oxygens (including phenoxy) is 1. The van der Waals surface area contributed by atoms with Crippen molar-refractivity contribution in [3.63, 3.8) is 0 Å². The molecule has 6 rings (SSSR count). The molecule has 11 heteroatoms. The van der Waals surface area contributed by atoms with Crippen LogP contribution in [-0.4, -0.2) is 43.9 Å². The molecule has 0 unspecified atom stereocenters. The van der Waals surface area contributed by atoms with E-state index in [0.29, 0.717) is 30.6 Å². The highest BCUT2D eigenvalue weighted by Crippen LogP contribution is 2.48. The fraction of sp³-hybridized carbons (Fsp3) is 0.333. The predicted octanol–water partition coefficient (Wildman–Crippen LogP) is 4.69. The lowest BCUT2D eigenvalue weighted by molar-refractivity contribution is -0.136. The van der Waals surface area contributed by atoms with E-state index in [4.69, 9.17) is 4.74 Å². The number of aromatic nitrogens is 5. The van der Waals surface area contributed by atoms with E-state index in [9.17, 15) is 18.0 Å². The Labute approximate surface area is 215 Å². The third-order valence-electron chi connectivity index (χ3n) is 7.45. The number of H-pyrrole nitrogens is 1. The van der Waals surface area contributed by atoms with Crippen LogP contribution in [0.4, 0.5) is 13.2 Å². The normalized spacial score (nSPS) is 19.3. The molecule has 196 valence electrons. The Kier molecular flexibility index (Phi) is 5.73. The lowest BCUT2D eigenvalue weighted by Crippen LogP contribution is -2.48. The van der Waals surface area contributed by atoms with Gasteiger partial charge in [-0.25, -0.2) is 0 Å². The van der Waals surface area contributed by atoms with Crippen LogP contribution in [0.5, 0.6) is 5.75 Å². The summed E-state index contributed by atoms with van der Waals surface area (Å²) in [5.41, 5.74) is 4.59. The van der Waals surface area contributed by atoms with E-state index in [2.05, 4.69) is 32.0 Å². The minimum Gasteiger partial charge on any atom is -0.494 e. The maximum Gasteiger partial charge on any atom is 0.389 e. The summed E-state index contributed by atoms with van der Waals surface area (Å²) in [6.45, 7) is -0.0108. The first-order chi connectivity index (χ1) is 18.2. The molecule has 2 aromatic heterocycles. The number of nitrogens with zero attached hydrogens (tertiary/aromatic N) is 4. The number of carbonyl (C=O) groups is 1. The van der Waals surface area contributed by atoms with Crippen molar-refractivity contribution in [1.82, 2.24) is 30.5 Å². The van der Waals surface area contributed by atoms with Crippen LogP contribution in [0.15, 0.2) is 48.7 Å². The number of nitrogens with one attached hydrogen (secondary N) is 2. The van der Waals surface area contributed by atoms with Gasteiger partial charge in [-0.2, -0.15) is 18.4 Å². The van der Waals surface area contributed by atoms with Crippen molar-refractivity contribution in [1.29, 1.82) is 0 Å². The zero-order valence-corrected chi connectivity index (χ0v) is 20.6. The largest absolute Gasteiger partial charge is 0.494 e. The van der Waals surface area contributed by atoms with Crippen molar-refractivity contribution in [2.24, 2.45) is 7.05 Å². The summed E-state index contributed by atoms with van der Waals surface area (Å²) in [6, 6.07) is 13.7. The summed E-state index contributed by atoms with van der Waals surface area (Å²) >= 11 is 0. The third kappa shape index (κ3) is 4.31. The van der Waals surface area contributed by atoms with Crippen LogP contribution in [-0.2, 0) is 23.8 Å². The van der Waals surface area contributed by atoms with E-state index in [0.717, 1.165) is 33.2 Å². The number of halogens is 3. The molecule has 1 spiro atoms. The number of amides is 1. The molecule has 0 bridgehead atoms. The fourth-order valence-corrected chi connectivity index (χ4v) is 5.66. The van der Waals surface area contributed by atoms with Crippen LogP contribution in [0.3, 0.4) is 0 Å². The van der Waals surface area contributed by atoms with Crippen molar-refractivity contribution in [2.45, 2.75) is 43.8 Å². The van der Waals surface area contributed by atoms with Crippen LogP contribution < -0.4 is 10.1 Å². The average Bonchev–Trinajstić information content (AvgIpc) is 3.61. The average molecular weight is 523 g/mol. The number of hydrogen-bond acceptors (Lipinski definition) is 5. The topological polar surface area (TPSA) is 97.7 Å². The van der Waals surface area contributed by atoms with Gasteiger partial charge in [0.15, 0.2) is 0 Å². The zero-order valence-electron chi connectivity index (χ0n) is 20.6. The quantitative estimate of drug-likeness (QED) is 0.358. The number of rotatable bonds is 6. The Bertz CT molecular complexity index is 1560. The van der Waals surface area contributed by atoms with Crippen LogP contribution in [0.1, 0.15) is 48.2 Å². The molecule has 0 saturated carbocycles. The van der Waals surface area contributed by atoms with Gasteiger partial charge in [0.25, 0.3) is 5.91 Å². The number of alkyl halides is 3. The molecule has 2 aromatic carbocycles. The summed E-state index contributed by atoms with van der Waals surface area (Å²) in [7, 11) is 1.98. The summed E-state index contributed by atoms with van der Waals surface area (Å²) in [6.07, 6.45) is -1.25. The van der Waals surface area contributed by atoms with E-state index in [1.165, 1.54) is 0 Å². The second-order valence-electron chi connectivity index (χ2n) is 9.89. The second-order valence-corrected chi connectivity index (χ2v) is 9.89. The molecular weight excluding hydrogens is 497 g/mol. The van der Waals surface area contributed by atoms with Gasteiger partial charge in [0.1, 0.15) is 5.75 Å². The molecule has 2 aliphatic rings. The Morgan fingerprint density at radius 1 is 1.16 bits per heavy atom. The highest BCUT2D eigenvalue weighted by Gasteiger charge is 2.46. The van der Waals surface area contributed by atoms with Gasteiger partial charge in [-0.1, -0.05) is 12.1 Å². The van der Waals surface area contributed by atoms with Gasteiger partial charge < -0.3 is 14.6 Å². The molecule has 1 aliphatic carbocycles. The van der Waals surface area contributed by atoms with Crippen LogP contribution in [0.2, 0.25) is 0 Å².